The van der Waals surface area contributed by atoms with Gasteiger partial charge in [0.25, 0.3) is 0 Å². The van der Waals surface area contributed by atoms with Gasteiger partial charge in [-0.05, 0) is 26.8 Å². The van der Waals surface area contributed by atoms with Crippen LogP contribution in [0.5, 0.6) is 5.88 Å². The number of halogens is 1. The van der Waals surface area contributed by atoms with Gasteiger partial charge in [-0.15, -0.1) is 35.3 Å². The molecule has 0 aliphatic heterocycles. The van der Waals surface area contributed by atoms with E-state index in [1.807, 2.05) is 26.0 Å². The Morgan fingerprint density at radius 1 is 1.32 bits per heavy atom. The second kappa shape index (κ2) is 11.2. The Bertz CT molecular complexity index is 670. The van der Waals surface area contributed by atoms with Crippen molar-refractivity contribution in [3.8, 4) is 5.88 Å². The van der Waals surface area contributed by atoms with Crippen molar-refractivity contribution in [2.45, 2.75) is 33.7 Å². The molecule has 2 aromatic rings. The average Bonchev–Trinajstić information content (AvgIpc) is 2.90. The molecule has 2 aromatic heterocycles. The molecule has 0 aromatic carbocycles. The summed E-state index contributed by atoms with van der Waals surface area (Å²) >= 11 is 1.76. The molecule has 2 rings (SSSR count). The van der Waals surface area contributed by atoms with Crippen LogP contribution in [0.25, 0.3) is 0 Å². The van der Waals surface area contributed by atoms with Gasteiger partial charge in [-0.25, -0.2) is 9.97 Å². The van der Waals surface area contributed by atoms with E-state index >= 15 is 0 Å². The van der Waals surface area contributed by atoms with Gasteiger partial charge in [0.2, 0.25) is 5.88 Å². The standard InChI is InChI=1S/C17H25N5OS.HI/c1-5-23-16-14(7-6-9-19-16)11-21-17(18-4)20-10-8-15-22-12(2)13(3)24-15;/h6-7,9H,5,8,10-11H2,1-4H3,(H2,18,20,21);1H. The minimum atomic E-state index is 0. The number of pyridine rings is 1. The van der Waals surface area contributed by atoms with E-state index in [4.69, 9.17) is 4.74 Å². The van der Waals surface area contributed by atoms with Gasteiger partial charge in [0, 0.05) is 43.2 Å². The highest BCUT2D eigenvalue weighted by Crippen LogP contribution is 2.16. The van der Waals surface area contributed by atoms with Gasteiger partial charge in [0.1, 0.15) is 0 Å². The van der Waals surface area contributed by atoms with Crippen LogP contribution in [0.2, 0.25) is 0 Å². The first-order chi connectivity index (χ1) is 11.6. The Labute approximate surface area is 170 Å². The molecule has 0 radical (unpaired) electrons. The van der Waals surface area contributed by atoms with Crippen LogP contribution in [0.1, 0.15) is 28.1 Å². The molecule has 2 heterocycles. The molecule has 6 nitrogen and oxygen atoms in total. The minimum Gasteiger partial charge on any atom is -0.478 e. The Balaban J connectivity index is 0.00000312. The maximum atomic E-state index is 5.54. The first kappa shape index (κ1) is 21.6. The molecule has 0 bridgehead atoms. The first-order valence-corrected chi connectivity index (χ1v) is 8.89. The second-order valence-corrected chi connectivity index (χ2v) is 6.54. The van der Waals surface area contributed by atoms with E-state index < -0.39 is 0 Å². The fraction of sp³-hybridized carbons (Fsp3) is 0.471. The number of aliphatic imine (C=N–C) groups is 1. The Morgan fingerprint density at radius 3 is 2.76 bits per heavy atom. The monoisotopic (exact) mass is 475 g/mol. The van der Waals surface area contributed by atoms with Crippen LogP contribution < -0.4 is 15.4 Å². The van der Waals surface area contributed by atoms with Crippen LogP contribution in [-0.4, -0.2) is 36.1 Å². The SMILES string of the molecule is CCOc1ncccc1CNC(=NC)NCCc1nc(C)c(C)s1.I. The van der Waals surface area contributed by atoms with E-state index in [2.05, 4.69) is 32.5 Å². The van der Waals surface area contributed by atoms with Crippen molar-refractivity contribution in [3.05, 3.63) is 39.5 Å². The van der Waals surface area contributed by atoms with E-state index in [9.17, 15) is 0 Å². The Morgan fingerprint density at radius 2 is 2.12 bits per heavy atom. The van der Waals surface area contributed by atoms with Crippen LogP contribution in [0.3, 0.4) is 0 Å². The molecule has 138 valence electrons. The maximum absolute atomic E-state index is 5.54. The Hall–Kier alpha value is -1.42. The summed E-state index contributed by atoms with van der Waals surface area (Å²) in [6.07, 6.45) is 2.62. The quantitative estimate of drug-likeness (QED) is 0.366. The number of ether oxygens (including phenoxy) is 1. The number of nitrogens with zero attached hydrogens (tertiary/aromatic N) is 3. The lowest BCUT2D eigenvalue weighted by Gasteiger charge is -2.13. The summed E-state index contributed by atoms with van der Waals surface area (Å²) in [4.78, 5) is 14.3. The minimum absolute atomic E-state index is 0. The number of hydrogen-bond acceptors (Lipinski definition) is 5. The van der Waals surface area contributed by atoms with Crippen LogP contribution in [0.15, 0.2) is 23.3 Å². The number of rotatable bonds is 7. The summed E-state index contributed by atoms with van der Waals surface area (Å²) in [5.41, 5.74) is 2.13. The van der Waals surface area contributed by atoms with Gasteiger partial charge in [0.05, 0.1) is 17.3 Å². The molecule has 0 aliphatic carbocycles. The fourth-order valence-corrected chi connectivity index (χ4v) is 3.09. The van der Waals surface area contributed by atoms with Gasteiger partial charge in [0.15, 0.2) is 5.96 Å². The van der Waals surface area contributed by atoms with Crippen LogP contribution in [0, 0.1) is 13.8 Å². The smallest absolute Gasteiger partial charge is 0.218 e. The average molecular weight is 475 g/mol. The van der Waals surface area contributed by atoms with Crippen molar-refractivity contribution in [2.75, 3.05) is 20.2 Å². The normalized spacial score (nSPS) is 11.0. The molecule has 2 N–H and O–H groups in total. The topological polar surface area (TPSA) is 71.4 Å². The number of aryl methyl sites for hydroxylation is 2. The van der Waals surface area contributed by atoms with Crippen molar-refractivity contribution in [3.63, 3.8) is 0 Å². The van der Waals surface area contributed by atoms with E-state index in [0.717, 1.165) is 35.2 Å². The molecule has 25 heavy (non-hydrogen) atoms. The third kappa shape index (κ3) is 6.77. The molecule has 0 aliphatic rings. The lowest BCUT2D eigenvalue weighted by molar-refractivity contribution is 0.322. The molecule has 0 saturated carbocycles. The van der Waals surface area contributed by atoms with Gasteiger partial charge >= 0.3 is 0 Å². The van der Waals surface area contributed by atoms with Crippen molar-refractivity contribution in [1.29, 1.82) is 0 Å². The molecule has 0 amide bonds. The highest BCUT2D eigenvalue weighted by Gasteiger charge is 2.06. The maximum Gasteiger partial charge on any atom is 0.218 e. The number of aromatic nitrogens is 2. The zero-order chi connectivity index (χ0) is 17.4. The molecular formula is C17H26IN5OS. The summed E-state index contributed by atoms with van der Waals surface area (Å²) in [5.74, 6) is 1.42. The van der Waals surface area contributed by atoms with Gasteiger partial charge < -0.3 is 15.4 Å². The number of hydrogen-bond donors (Lipinski definition) is 2. The lowest BCUT2D eigenvalue weighted by atomic mass is 10.2. The van der Waals surface area contributed by atoms with Crippen LogP contribution in [0.4, 0.5) is 0 Å². The summed E-state index contributed by atoms with van der Waals surface area (Å²) in [5, 5.41) is 7.75. The number of nitrogens with one attached hydrogen (secondary N) is 2. The molecule has 0 atom stereocenters. The Kier molecular flexibility index (Phi) is 9.73. The fourth-order valence-electron chi connectivity index (χ4n) is 2.16. The molecule has 0 fully saturated rings. The van der Waals surface area contributed by atoms with Gasteiger partial charge in [-0.2, -0.15) is 0 Å². The molecule has 0 unspecified atom stereocenters. The number of thiazole rings is 1. The highest BCUT2D eigenvalue weighted by molar-refractivity contribution is 14.0. The lowest BCUT2D eigenvalue weighted by Crippen LogP contribution is -2.38. The molecule has 0 saturated heterocycles. The zero-order valence-electron chi connectivity index (χ0n) is 15.1. The van der Waals surface area contributed by atoms with Crippen molar-refractivity contribution >= 4 is 41.3 Å². The molecule has 8 heteroatoms. The molecular weight excluding hydrogens is 449 g/mol. The summed E-state index contributed by atoms with van der Waals surface area (Å²) < 4.78 is 5.54. The summed E-state index contributed by atoms with van der Waals surface area (Å²) in [7, 11) is 1.76. The van der Waals surface area contributed by atoms with E-state index in [1.54, 1.807) is 24.6 Å². The highest BCUT2D eigenvalue weighted by atomic mass is 127. The zero-order valence-corrected chi connectivity index (χ0v) is 18.3. The van der Waals surface area contributed by atoms with Crippen LogP contribution in [-0.2, 0) is 13.0 Å². The summed E-state index contributed by atoms with van der Waals surface area (Å²) in [6.45, 7) is 8.11. The number of guanidine groups is 1. The molecule has 0 spiro atoms. The van der Waals surface area contributed by atoms with E-state index in [0.29, 0.717) is 19.0 Å². The predicted molar refractivity (Wildman–Crippen MR) is 114 cm³/mol. The third-order valence-corrected chi connectivity index (χ3v) is 4.64. The van der Waals surface area contributed by atoms with Gasteiger partial charge in [-0.1, -0.05) is 6.07 Å². The largest absolute Gasteiger partial charge is 0.478 e. The van der Waals surface area contributed by atoms with E-state index in [1.165, 1.54) is 4.88 Å². The predicted octanol–water partition coefficient (Wildman–Crippen LogP) is 3.08. The van der Waals surface area contributed by atoms with Crippen LogP contribution >= 0.6 is 35.3 Å². The first-order valence-electron chi connectivity index (χ1n) is 8.08. The summed E-state index contributed by atoms with van der Waals surface area (Å²) in [6, 6.07) is 3.91. The third-order valence-electron chi connectivity index (χ3n) is 3.51. The van der Waals surface area contributed by atoms with Crippen molar-refractivity contribution in [1.82, 2.24) is 20.6 Å². The van der Waals surface area contributed by atoms with Crippen molar-refractivity contribution in [2.24, 2.45) is 4.99 Å². The second-order valence-electron chi connectivity index (χ2n) is 5.25. The van der Waals surface area contributed by atoms with Gasteiger partial charge in [-0.3, -0.25) is 4.99 Å². The van der Waals surface area contributed by atoms with E-state index in [-0.39, 0.29) is 24.0 Å². The van der Waals surface area contributed by atoms with Crippen molar-refractivity contribution < 1.29 is 4.74 Å².